The molecule has 14 heteroatoms. The van der Waals surface area contributed by atoms with Crippen LogP contribution in [0.15, 0.2) is 41.6 Å². The van der Waals surface area contributed by atoms with Crippen LogP contribution in [0.1, 0.15) is 23.9 Å². The van der Waals surface area contributed by atoms with E-state index in [1.807, 2.05) is 35.8 Å². The number of halogens is 3. The molecule has 2 aromatic heterocycles. The van der Waals surface area contributed by atoms with Crippen LogP contribution < -0.4 is 5.32 Å². The number of rotatable bonds is 9. The first-order valence-corrected chi connectivity index (χ1v) is 13.5. The molecule has 4 rings (SSSR count). The maximum absolute atomic E-state index is 12.5. The van der Waals surface area contributed by atoms with Crippen LogP contribution in [0.5, 0.6) is 0 Å². The third-order valence-corrected chi connectivity index (χ3v) is 7.72. The molecule has 0 saturated heterocycles. The molecule has 0 aliphatic heterocycles. The van der Waals surface area contributed by atoms with E-state index in [2.05, 4.69) is 20.6 Å². The van der Waals surface area contributed by atoms with Crippen molar-refractivity contribution in [3.63, 3.8) is 0 Å². The number of aryl methyl sites for hydroxylation is 1. The molecule has 4 aromatic rings. The fraction of sp³-hybridized carbons (Fsp3) is 0.250. The summed E-state index contributed by atoms with van der Waals surface area (Å²) in [7, 11) is 0. The summed E-state index contributed by atoms with van der Waals surface area (Å²) in [6.45, 7) is 6.29. The Morgan fingerprint density at radius 1 is 1.08 bits per heavy atom. The number of nitro groups is 1. The van der Waals surface area contributed by atoms with E-state index in [1.54, 1.807) is 18.5 Å². The predicted molar refractivity (Wildman–Crippen MR) is 149 cm³/mol. The fourth-order valence-electron chi connectivity index (χ4n) is 3.87. The van der Waals surface area contributed by atoms with Crippen LogP contribution in [0, 0.1) is 24.0 Å². The molecule has 0 atom stereocenters. The number of hydrogen-bond donors (Lipinski definition) is 1. The summed E-state index contributed by atoms with van der Waals surface area (Å²) < 4.78 is 3.55. The highest BCUT2D eigenvalue weighted by molar-refractivity contribution is 7.99. The molecule has 10 nitrogen and oxygen atoms in total. The first-order chi connectivity index (χ1) is 18.1. The van der Waals surface area contributed by atoms with Crippen LogP contribution in [0.3, 0.4) is 0 Å². The van der Waals surface area contributed by atoms with Gasteiger partial charge in [0.15, 0.2) is 11.0 Å². The standard InChI is InChI=1S/C24H22Cl3N7O3S/c1-4-32-23(16-7-5-15(6-8-16)11-33-14(3)22(34(36)37)13(2)31-33)29-30-24(32)38-12-21(35)28-20-10-18(26)17(25)9-19(20)27/h5-10H,4,11-12H2,1-3H3,(H,28,35). The minimum Gasteiger partial charge on any atom is -0.324 e. The van der Waals surface area contributed by atoms with Crippen LogP contribution in [0.2, 0.25) is 15.1 Å². The molecule has 198 valence electrons. The molecule has 0 aliphatic rings. The molecule has 0 aliphatic carbocycles. The van der Waals surface area contributed by atoms with Gasteiger partial charge in [-0.05, 0) is 38.5 Å². The first kappa shape index (κ1) is 27.9. The fourth-order valence-corrected chi connectivity index (χ4v) is 5.26. The monoisotopic (exact) mass is 593 g/mol. The number of carbonyl (C=O) groups is 1. The topological polar surface area (TPSA) is 121 Å². The molecule has 0 spiro atoms. The van der Waals surface area contributed by atoms with E-state index in [1.165, 1.54) is 23.9 Å². The van der Waals surface area contributed by atoms with Gasteiger partial charge in [0.2, 0.25) is 5.91 Å². The zero-order chi connectivity index (χ0) is 27.6. The van der Waals surface area contributed by atoms with Gasteiger partial charge in [-0.2, -0.15) is 5.10 Å². The van der Waals surface area contributed by atoms with Gasteiger partial charge >= 0.3 is 5.69 Å². The molecule has 1 N–H and O–H groups in total. The smallest absolute Gasteiger partial charge is 0.312 e. The number of benzene rings is 2. The van der Waals surface area contributed by atoms with E-state index < -0.39 is 4.92 Å². The molecule has 0 fully saturated rings. The van der Waals surface area contributed by atoms with Crippen molar-refractivity contribution in [1.29, 1.82) is 0 Å². The highest BCUT2D eigenvalue weighted by Gasteiger charge is 2.22. The lowest BCUT2D eigenvalue weighted by atomic mass is 10.1. The molecule has 0 unspecified atom stereocenters. The SMILES string of the molecule is CCn1c(SCC(=O)Nc2cc(Cl)c(Cl)cc2Cl)nnc1-c1ccc(Cn2nc(C)c([N+](=O)[O-])c2C)cc1. The number of amides is 1. The Hall–Kier alpha value is -3.12. The molecule has 2 heterocycles. The molecule has 0 bridgehead atoms. The Morgan fingerprint density at radius 3 is 2.39 bits per heavy atom. The van der Waals surface area contributed by atoms with Crippen molar-refractivity contribution < 1.29 is 9.72 Å². The van der Waals surface area contributed by atoms with Crippen LogP contribution in [0.25, 0.3) is 11.4 Å². The van der Waals surface area contributed by atoms with Crippen molar-refractivity contribution in [2.24, 2.45) is 0 Å². The zero-order valence-corrected chi connectivity index (χ0v) is 23.6. The minimum absolute atomic E-state index is 0.0384. The predicted octanol–water partition coefficient (Wildman–Crippen LogP) is 6.43. The quantitative estimate of drug-likeness (QED) is 0.103. The Morgan fingerprint density at radius 2 is 1.76 bits per heavy atom. The number of thioether (sulfide) groups is 1. The summed E-state index contributed by atoms with van der Waals surface area (Å²) in [5.41, 5.74) is 3.09. The van der Waals surface area contributed by atoms with E-state index in [-0.39, 0.29) is 27.4 Å². The first-order valence-electron chi connectivity index (χ1n) is 11.4. The Balaban J connectivity index is 1.44. The van der Waals surface area contributed by atoms with Crippen molar-refractivity contribution >= 4 is 63.8 Å². The third kappa shape index (κ3) is 5.96. The van der Waals surface area contributed by atoms with Gasteiger partial charge in [0, 0.05) is 12.1 Å². The number of anilines is 1. The van der Waals surface area contributed by atoms with Gasteiger partial charge in [0.25, 0.3) is 0 Å². The molecular formula is C24H22Cl3N7O3S. The van der Waals surface area contributed by atoms with Crippen molar-refractivity contribution in [3.8, 4) is 11.4 Å². The number of nitrogens with zero attached hydrogens (tertiary/aromatic N) is 6. The van der Waals surface area contributed by atoms with Gasteiger partial charge in [0.1, 0.15) is 11.4 Å². The molecule has 0 radical (unpaired) electrons. The van der Waals surface area contributed by atoms with E-state index in [0.717, 1.165) is 11.1 Å². The van der Waals surface area contributed by atoms with Crippen molar-refractivity contribution in [1.82, 2.24) is 24.5 Å². The van der Waals surface area contributed by atoms with Gasteiger partial charge in [0.05, 0.1) is 38.0 Å². The maximum atomic E-state index is 12.5. The Labute approximate surface area is 237 Å². The summed E-state index contributed by atoms with van der Waals surface area (Å²) in [6, 6.07) is 10.7. The number of carbonyl (C=O) groups excluding carboxylic acids is 1. The average molecular weight is 595 g/mol. The van der Waals surface area contributed by atoms with Gasteiger partial charge < -0.3 is 9.88 Å². The zero-order valence-electron chi connectivity index (χ0n) is 20.5. The van der Waals surface area contributed by atoms with E-state index in [0.29, 0.717) is 46.2 Å². The Kier molecular flexibility index (Phi) is 8.61. The molecule has 38 heavy (non-hydrogen) atoms. The van der Waals surface area contributed by atoms with Crippen molar-refractivity contribution in [2.45, 2.75) is 39.0 Å². The largest absolute Gasteiger partial charge is 0.324 e. The van der Waals surface area contributed by atoms with Crippen LogP contribution in [-0.4, -0.2) is 41.1 Å². The third-order valence-electron chi connectivity index (χ3n) is 5.72. The minimum atomic E-state index is -0.406. The maximum Gasteiger partial charge on any atom is 0.312 e. The normalized spacial score (nSPS) is 11.1. The van der Waals surface area contributed by atoms with Gasteiger partial charge in [-0.3, -0.25) is 19.6 Å². The van der Waals surface area contributed by atoms with E-state index in [9.17, 15) is 14.9 Å². The van der Waals surface area contributed by atoms with E-state index >= 15 is 0 Å². The summed E-state index contributed by atoms with van der Waals surface area (Å²) in [5.74, 6) is 0.468. The summed E-state index contributed by atoms with van der Waals surface area (Å²) >= 11 is 19.4. The number of nitrogens with one attached hydrogen (secondary N) is 1. The van der Waals surface area contributed by atoms with Crippen LogP contribution in [-0.2, 0) is 17.9 Å². The van der Waals surface area contributed by atoms with Crippen LogP contribution >= 0.6 is 46.6 Å². The summed E-state index contributed by atoms with van der Waals surface area (Å²) in [6.07, 6.45) is 0. The van der Waals surface area contributed by atoms with Crippen molar-refractivity contribution in [2.75, 3.05) is 11.1 Å². The molecule has 0 saturated carbocycles. The highest BCUT2D eigenvalue weighted by atomic mass is 35.5. The van der Waals surface area contributed by atoms with Gasteiger partial charge in [-0.25, -0.2) is 0 Å². The molecule has 1 amide bonds. The van der Waals surface area contributed by atoms with Gasteiger partial charge in [-0.15, -0.1) is 10.2 Å². The Bertz CT molecular complexity index is 1520. The summed E-state index contributed by atoms with van der Waals surface area (Å²) in [5, 5.41) is 28.4. The highest BCUT2D eigenvalue weighted by Crippen LogP contribution is 2.32. The second kappa shape index (κ2) is 11.7. The lowest BCUT2D eigenvalue weighted by Crippen LogP contribution is -2.15. The van der Waals surface area contributed by atoms with Crippen LogP contribution in [0.4, 0.5) is 11.4 Å². The number of hydrogen-bond acceptors (Lipinski definition) is 7. The second-order valence-electron chi connectivity index (χ2n) is 8.26. The molecule has 2 aromatic carbocycles. The average Bonchev–Trinajstić information content (AvgIpc) is 3.41. The summed E-state index contributed by atoms with van der Waals surface area (Å²) in [4.78, 5) is 23.4. The lowest BCUT2D eigenvalue weighted by Gasteiger charge is -2.10. The van der Waals surface area contributed by atoms with E-state index in [4.69, 9.17) is 34.8 Å². The van der Waals surface area contributed by atoms with Crippen molar-refractivity contribution in [3.05, 3.63) is 78.5 Å². The second-order valence-corrected chi connectivity index (χ2v) is 10.4. The molecular weight excluding hydrogens is 573 g/mol. The lowest BCUT2D eigenvalue weighted by molar-refractivity contribution is -0.386. The van der Waals surface area contributed by atoms with Gasteiger partial charge in [-0.1, -0.05) is 70.8 Å². The number of aromatic nitrogens is 5.